The van der Waals surface area contributed by atoms with E-state index in [4.69, 9.17) is 24.8 Å². The first-order chi connectivity index (χ1) is 27.1. The van der Waals surface area contributed by atoms with Gasteiger partial charge in [-0.05, 0) is 70.6 Å². The molecule has 0 saturated heterocycles. The van der Waals surface area contributed by atoms with Gasteiger partial charge in [-0.1, -0.05) is 146 Å². The highest BCUT2D eigenvalue weighted by Crippen LogP contribution is 2.43. The molecule has 3 atom stereocenters. The second kappa shape index (κ2) is 39.3. The van der Waals surface area contributed by atoms with Crippen molar-refractivity contribution in [1.82, 2.24) is 0 Å². The Balaban J connectivity index is 4.47. The van der Waals surface area contributed by atoms with Crippen LogP contribution in [-0.2, 0) is 37.5 Å². The van der Waals surface area contributed by atoms with E-state index in [-0.39, 0.29) is 19.4 Å². The van der Waals surface area contributed by atoms with Gasteiger partial charge in [-0.2, -0.15) is 0 Å². The van der Waals surface area contributed by atoms with Crippen molar-refractivity contribution in [1.29, 1.82) is 0 Å². The van der Waals surface area contributed by atoms with E-state index in [0.717, 1.165) is 57.8 Å². The topological polar surface area (TPSA) is 172 Å². The third-order valence-electron chi connectivity index (χ3n) is 9.05. The van der Waals surface area contributed by atoms with Crippen LogP contribution in [0.4, 0.5) is 0 Å². The minimum Gasteiger partial charge on any atom is -0.480 e. The van der Waals surface area contributed by atoms with E-state index in [1.807, 2.05) is 6.08 Å². The molecule has 0 aromatic carbocycles. The van der Waals surface area contributed by atoms with E-state index < -0.39 is 51.1 Å². The molecule has 0 fully saturated rings. The Hall–Kier alpha value is -2.56. The number of ether oxygens (including phenoxy) is 2. The number of carboxylic acid groups (broad SMARTS) is 1. The van der Waals surface area contributed by atoms with Crippen LogP contribution in [0.1, 0.15) is 181 Å². The summed E-state index contributed by atoms with van der Waals surface area (Å²) in [5.41, 5.74) is 5.33. The van der Waals surface area contributed by atoms with Gasteiger partial charge in [-0.25, -0.2) is 4.57 Å². The first-order valence-corrected chi connectivity index (χ1v) is 23.2. The van der Waals surface area contributed by atoms with Gasteiger partial charge in [0, 0.05) is 12.8 Å². The number of rotatable bonds is 40. The lowest BCUT2D eigenvalue weighted by molar-refractivity contribution is -0.161. The van der Waals surface area contributed by atoms with Crippen molar-refractivity contribution >= 4 is 25.7 Å². The third kappa shape index (κ3) is 38.3. The van der Waals surface area contributed by atoms with Crippen molar-refractivity contribution in [3.8, 4) is 0 Å². The highest BCUT2D eigenvalue weighted by molar-refractivity contribution is 7.47. The Morgan fingerprint density at radius 3 is 1.48 bits per heavy atom. The Bertz CT molecular complexity index is 1140. The summed E-state index contributed by atoms with van der Waals surface area (Å²) in [5, 5.41) is 8.88. The highest BCUT2D eigenvalue weighted by atomic mass is 31.2. The van der Waals surface area contributed by atoms with Gasteiger partial charge in [0.15, 0.2) is 6.10 Å². The molecule has 56 heavy (non-hydrogen) atoms. The summed E-state index contributed by atoms with van der Waals surface area (Å²) in [6.07, 6.45) is 43.2. The maximum atomic E-state index is 12.6. The van der Waals surface area contributed by atoms with Crippen molar-refractivity contribution in [2.45, 2.75) is 193 Å². The molecule has 0 aromatic heterocycles. The Morgan fingerprint density at radius 1 is 0.554 bits per heavy atom. The first-order valence-electron chi connectivity index (χ1n) is 21.7. The minimum atomic E-state index is -4.73. The molecule has 0 rings (SSSR count). The van der Waals surface area contributed by atoms with Crippen molar-refractivity contribution in [2.24, 2.45) is 5.73 Å². The molecule has 324 valence electrons. The fraction of sp³-hybridized carbons (Fsp3) is 0.750. The smallest absolute Gasteiger partial charge is 0.472 e. The summed E-state index contributed by atoms with van der Waals surface area (Å²) in [7, 11) is -4.73. The lowest BCUT2D eigenvalue weighted by Crippen LogP contribution is -2.34. The molecule has 0 spiro atoms. The van der Waals surface area contributed by atoms with Crippen LogP contribution < -0.4 is 5.73 Å². The van der Waals surface area contributed by atoms with Gasteiger partial charge < -0.3 is 25.2 Å². The predicted molar refractivity (Wildman–Crippen MR) is 226 cm³/mol. The average Bonchev–Trinajstić information content (AvgIpc) is 3.17. The van der Waals surface area contributed by atoms with Gasteiger partial charge in [0.2, 0.25) is 0 Å². The molecular formula is C44H78NO10P. The molecule has 0 bridgehead atoms. The highest BCUT2D eigenvalue weighted by Gasteiger charge is 2.28. The molecule has 0 aliphatic rings. The van der Waals surface area contributed by atoms with Gasteiger partial charge in [0.05, 0.1) is 13.2 Å². The molecule has 0 aliphatic heterocycles. The normalized spacial score (nSPS) is 14.2. The van der Waals surface area contributed by atoms with E-state index in [9.17, 15) is 23.8 Å². The molecule has 4 N–H and O–H groups in total. The van der Waals surface area contributed by atoms with Crippen molar-refractivity contribution < 1.29 is 47.5 Å². The van der Waals surface area contributed by atoms with Crippen LogP contribution in [0, 0.1) is 0 Å². The SMILES string of the molecule is CCCCCCCC/C=C\C/C=C\C/C=C\CCCC(=O)OC[C@H](COP(=O)(O)OC[C@H](N)C(=O)O)OC(=O)CCCCCCC/C=C\CCCCCCCC. The maximum Gasteiger partial charge on any atom is 0.472 e. The number of hydrogen-bond donors (Lipinski definition) is 3. The number of unbranched alkanes of at least 4 members (excludes halogenated alkanes) is 18. The number of phosphoric acid groups is 1. The number of carbonyl (C=O) groups excluding carboxylic acids is 2. The fourth-order valence-electron chi connectivity index (χ4n) is 5.60. The number of carboxylic acids is 1. The quantitative estimate of drug-likeness (QED) is 0.0233. The van der Waals surface area contributed by atoms with E-state index in [2.05, 4.69) is 60.9 Å². The minimum absolute atomic E-state index is 0.140. The fourth-order valence-corrected chi connectivity index (χ4v) is 6.38. The molecule has 0 saturated carbocycles. The number of aliphatic carboxylic acids is 1. The predicted octanol–water partition coefficient (Wildman–Crippen LogP) is 11.4. The summed E-state index contributed by atoms with van der Waals surface area (Å²) in [5.74, 6) is -2.46. The van der Waals surface area contributed by atoms with Gasteiger partial charge >= 0.3 is 25.7 Å². The maximum absolute atomic E-state index is 12.6. The van der Waals surface area contributed by atoms with E-state index >= 15 is 0 Å². The van der Waals surface area contributed by atoms with Crippen LogP contribution in [0.5, 0.6) is 0 Å². The van der Waals surface area contributed by atoms with E-state index in [1.165, 1.54) is 77.0 Å². The number of hydrogen-bond acceptors (Lipinski definition) is 9. The number of phosphoric ester groups is 1. The molecular weight excluding hydrogens is 733 g/mol. The van der Waals surface area contributed by atoms with Gasteiger partial charge in [0.1, 0.15) is 12.6 Å². The molecule has 12 heteroatoms. The summed E-state index contributed by atoms with van der Waals surface area (Å²) in [4.78, 5) is 45.9. The third-order valence-corrected chi connectivity index (χ3v) is 10.0. The van der Waals surface area contributed by atoms with Crippen molar-refractivity contribution in [2.75, 3.05) is 19.8 Å². The number of nitrogens with two attached hydrogens (primary N) is 1. The molecule has 0 radical (unpaired) electrons. The Labute approximate surface area is 339 Å². The number of carbonyl (C=O) groups is 3. The zero-order valence-corrected chi connectivity index (χ0v) is 35.9. The van der Waals surface area contributed by atoms with Gasteiger partial charge in [0.25, 0.3) is 0 Å². The van der Waals surface area contributed by atoms with E-state index in [0.29, 0.717) is 19.3 Å². The summed E-state index contributed by atoms with van der Waals surface area (Å²) >= 11 is 0. The zero-order valence-electron chi connectivity index (χ0n) is 35.0. The summed E-state index contributed by atoms with van der Waals surface area (Å²) < 4.78 is 32.6. The lowest BCUT2D eigenvalue weighted by Gasteiger charge is -2.20. The molecule has 0 aromatic rings. The van der Waals surface area contributed by atoms with Crippen LogP contribution in [0.3, 0.4) is 0 Å². The zero-order chi connectivity index (χ0) is 41.4. The van der Waals surface area contributed by atoms with Crippen LogP contribution in [0.2, 0.25) is 0 Å². The number of esters is 2. The standard InChI is InChI=1S/C44H78NO10P/c1-3-5-7-9-11-13-15-17-19-20-22-23-25-27-29-31-33-35-42(46)52-37-40(38-53-56(50,51)54-39-41(45)44(48)49)55-43(47)36-34-32-30-28-26-24-21-18-16-14-12-10-8-6-4-2/h17-19,21-23,27,29,40-41H,3-16,20,24-26,28,30-39,45H2,1-2H3,(H,48,49)(H,50,51)/b19-17-,21-18-,23-22-,29-27-/t40-,41+/m1/s1. The molecule has 0 aliphatic carbocycles. The average molecular weight is 812 g/mol. The lowest BCUT2D eigenvalue weighted by atomic mass is 10.1. The molecule has 1 unspecified atom stereocenters. The van der Waals surface area contributed by atoms with E-state index in [1.54, 1.807) is 0 Å². The number of allylic oxidation sites excluding steroid dienone is 8. The Kier molecular flexibility index (Phi) is 37.5. The van der Waals surface area contributed by atoms with Gasteiger partial charge in [-0.3, -0.25) is 23.4 Å². The van der Waals surface area contributed by atoms with Gasteiger partial charge in [-0.15, -0.1) is 0 Å². The van der Waals surface area contributed by atoms with Crippen LogP contribution in [0.15, 0.2) is 48.6 Å². The molecule has 0 heterocycles. The molecule has 11 nitrogen and oxygen atoms in total. The van der Waals surface area contributed by atoms with Crippen LogP contribution in [-0.4, -0.2) is 59.9 Å². The molecule has 0 amide bonds. The second-order valence-corrected chi connectivity index (χ2v) is 15.9. The summed E-state index contributed by atoms with van der Waals surface area (Å²) in [6.45, 7) is 2.73. The van der Waals surface area contributed by atoms with Crippen molar-refractivity contribution in [3.63, 3.8) is 0 Å². The van der Waals surface area contributed by atoms with Crippen molar-refractivity contribution in [3.05, 3.63) is 48.6 Å². The first kappa shape index (κ1) is 53.4. The second-order valence-electron chi connectivity index (χ2n) is 14.5. The van der Waals surface area contributed by atoms with Crippen LogP contribution >= 0.6 is 7.82 Å². The largest absolute Gasteiger partial charge is 0.480 e. The monoisotopic (exact) mass is 812 g/mol. The summed E-state index contributed by atoms with van der Waals surface area (Å²) in [6, 6.07) is -1.53. The van der Waals surface area contributed by atoms with Crippen LogP contribution in [0.25, 0.3) is 0 Å². The Morgan fingerprint density at radius 2 is 0.964 bits per heavy atom.